The predicted octanol–water partition coefficient (Wildman–Crippen LogP) is 1.20. The lowest BCUT2D eigenvalue weighted by Crippen LogP contribution is -2.53. The van der Waals surface area contributed by atoms with Crippen LogP contribution in [0.15, 0.2) is 24.3 Å². The molecule has 0 aromatic heterocycles. The molecule has 1 saturated heterocycles. The van der Waals surface area contributed by atoms with E-state index in [4.69, 9.17) is 14.6 Å². The number of ether oxygens (including phenoxy) is 2. The van der Waals surface area contributed by atoms with Gasteiger partial charge in [-0.1, -0.05) is 12.1 Å². The van der Waals surface area contributed by atoms with Crippen LogP contribution in [0.4, 0.5) is 5.69 Å². The zero-order chi connectivity index (χ0) is 13.9. The number of anilines is 1. The minimum atomic E-state index is -0.524. The van der Waals surface area contributed by atoms with E-state index in [0.29, 0.717) is 18.7 Å². The minimum Gasteiger partial charge on any atom is -0.495 e. The molecule has 1 aromatic rings. The lowest BCUT2D eigenvalue weighted by Gasteiger charge is -2.40. The summed E-state index contributed by atoms with van der Waals surface area (Å²) in [5, 5.41) is 9.10. The number of para-hydroxylation sites is 2. The third-order valence-corrected chi connectivity index (χ3v) is 3.35. The van der Waals surface area contributed by atoms with E-state index in [9.17, 15) is 4.79 Å². The molecule has 2 rings (SSSR count). The van der Waals surface area contributed by atoms with Gasteiger partial charge in [0.1, 0.15) is 12.4 Å². The van der Waals surface area contributed by atoms with Crippen molar-refractivity contribution in [1.82, 2.24) is 0 Å². The summed E-state index contributed by atoms with van der Waals surface area (Å²) in [6.07, 6.45) is 0.492. The highest BCUT2D eigenvalue weighted by atomic mass is 16.5. The molecule has 104 valence electrons. The van der Waals surface area contributed by atoms with Crippen LogP contribution in [0.25, 0.3) is 0 Å². The minimum absolute atomic E-state index is 0.0224. The van der Waals surface area contributed by atoms with Crippen LogP contribution in [0.3, 0.4) is 0 Å². The summed E-state index contributed by atoms with van der Waals surface area (Å²) >= 11 is 0. The van der Waals surface area contributed by atoms with Crippen LogP contribution in [0, 0.1) is 0 Å². The van der Waals surface area contributed by atoms with E-state index in [1.54, 1.807) is 12.0 Å². The zero-order valence-electron chi connectivity index (χ0n) is 11.3. The number of aliphatic hydroxyl groups is 1. The molecule has 1 aliphatic heterocycles. The van der Waals surface area contributed by atoms with Crippen LogP contribution in [0.5, 0.6) is 5.75 Å². The van der Waals surface area contributed by atoms with Crippen LogP contribution in [-0.2, 0) is 9.53 Å². The van der Waals surface area contributed by atoms with Gasteiger partial charge in [0.15, 0.2) is 0 Å². The molecule has 1 unspecified atom stereocenters. The van der Waals surface area contributed by atoms with E-state index in [2.05, 4.69) is 0 Å². The highest BCUT2D eigenvalue weighted by Crippen LogP contribution is 2.32. The van der Waals surface area contributed by atoms with Gasteiger partial charge in [0, 0.05) is 13.0 Å². The van der Waals surface area contributed by atoms with Crippen LogP contribution in [0.2, 0.25) is 0 Å². The van der Waals surface area contributed by atoms with E-state index in [0.717, 1.165) is 5.69 Å². The molecule has 1 fully saturated rings. The SMILES string of the molecule is COc1ccccc1N1CC(C)(CCO)OCC1=O. The molecular formula is C14H19NO4. The Morgan fingerprint density at radius 2 is 2.21 bits per heavy atom. The second-order valence-electron chi connectivity index (χ2n) is 4.86. The van der Waals surface area contributed by atoms with Crippen molar-refractivity contribution in [2.75, 3.05) is 31.8 Å². The fourth-order valence-electron chi connectivity index (χ4n) is 2.24. The van der Waals surface area contributed by atoms with Crippen molar-refractivity contribution in [2.24, 2.45) is 0 Å². The highest BCUT2D eigenvalue weighted by molar-refractivity contribution is 5.96. The Balaban J connectivity index is 2.28. The van der Waals surface area contributed by atoms with E-state index in [1.165, 1.54) is 0 Å². The van der Waals surface area contributed by atoms with Crippen molar-refractivity contribution in [3.8, 4) is 5.75 Å². The maximum atomic E-state index is 12.0. The number of carbonyl (C=O) groups excluding carboxylic acids is 1. The number of nitrogens with zero attached hydrogens (tertiary/aromatic N) is 1. The lowest BCUT2D eigenvalue weighted by atomic mass is 9.99. The highest BCUT2D eigenvalue weighted by Gasteiger charge is 2.37. The van der Waals surface area contributed by atoms with Gasteiger partial charge in [0.2, 0.25) is 0 Å². The number of morpholine rings is 1. The van der Waals surface area contributed by atoms with Crippen LogP contribution < -0.4 is 9.64 Å². The predicted molar refractivity (Wildman–Crippen MR) is 71.4 cm³/mol. The maximum absolute atomic E-state index is 12.0. The van der Waals surface area contributed by atoms with Gasteiger partial charge in [-0.15, -0.1) is 0 Å². The topological polar surface area (TPSA) is 59.0 Å². The Labute approximate surface area is 112 Å². The number of hydrogen-bond donors (Lipinski definition) is 1. The number of hydrogen-bond acceptors (Lipinski definition) is 4. The first kappa shape index (κ1) is 13.8. The Bertz CT molecular complexity index is 463. The largest absolute Gasteiger partial charge is 0.495 e. The lowest BCUT2D eigenvalue weighted by molar-refractivity contribution is -0.138. The van der Waals surface area contributed by atoms with Crippen molar-refractivity contribution in [3.63, 3.8) is 0 Å². The normalized spacial score (nSPS) is 23.5. The van der Waals surface area contributed by atoms with Gasteiger partial charge in [0.05, 0.1) is 24.9 Å². The third kappa shape index (κ3) is 2.88. The van der Waals surface area contributed by atoms with Gasteiger partial charge in [-0.05, 0) is 19.1 Å². The number of amides is 1. The van der Waals surface area contributed by atoms with Gasteiger partial charge >= 0.3 is 0 Å². The molecule has 1 aliphatic rings. The molecule has 0 radical (unpaired) electrons. The van der Waals surface area contributed by atoms with Gasteiger partial charge in [-0.25, -0.2) is 0 Å². The van der Waals surface area contributed by atoms with Gasteiger partial charge < -0.3 is 19.5 Å². The second kappa shape index (κ2) is 5.59. The first-order valence-corrected chi connectivity index (χ1v) is 6.28. The molecule has 19 heavy (non-hydrogen) atoms. The Morgan fingerprint density at radius 3 is 2.89 bits per heavy atom. The van der Waals surface area contributed by atoms with Crippen molar-refractivity contribution < 1.29 is 19.4 Å². The molecule has 1 atom stereocenters. The van der Waals surface area contributed by atoms with Crippen LogP contribution in [0.1, 0.15) is 13.3 Å². The molecule has 0 aliphatic carbocycles. The molecule has 0 spiro atoms. The van der Waals surface area contributed by atoms with Gasteiger partial charge in [-0.3, -0.25) is 4.79 Å². The van der Waals surface area contributed by atoms with Crippen molar-refractivity contribution >= 4 is 11.6 Å². The first-order valence-electron chi connectivity index (χ1n) is 6.28. The zero-order valence-corrected chi connectivity index (χ0v) is 11.3. The number of aliphatic hydroxyl groups excluding tert-OH is 1. The molecule has 0 bridgehead atoms. The second-order valence-corrected chi connectivity index (χ2v) is 4.86. The summed E-state index contributed by atoms with van der Waals surface area (Å²) in [7, 11) is 1.58. The third-order valence-electron chi connectivity index (χ3n) is 3.35. The summed E-state index contributed by atoms with van der Waals surface area (Å²) in [5.41, 5.74) is 0.214. The number of carbonyl (C=O) groups is 1. The number of rotatable bonds is 4. The molecule has 1 heterocycles. The van der Waals surface area contributed by atoms with Crippen LogP contribution in [-0.4, -0.2) is 43.5 Å². The van der Waals surface area contributed by atoms with E-state index < -0.39 is 5.60 Å². The maximum Gasteiger partial charge on any atom is 0.253 e. The molecule has 1 aromatic carbocycles. The molecule has 5 heteroatoms. The van der Waals surface area contributed by atoms with Gasteiger partial charge in [0.25, 0.3) is 5.91 Å². The summed E-state index contributed by atoms with van der Waals surface area (Å²) in [6, 6.07) is 7.40. The summed E-state index contributed by atoms with van der Waals surface area (Å²) in [6.45, 7) is 2.36. The fourth-order valence-corrected chi connectivity index (χ4v) is 2.24. The van der Waals surface area contributed by atoms with E-state index >= 15 is 0 Å². The Hall–Kier alpha value is -1.59. The Morgan fingerprint density at radius 1 is 1.47 bits per heavy atom. The molecule has 0 saturated carbocycles. The molecule has 5 nitrogen and oxygen atoms in total. The number of benzene rings is 1. The fraction of sp³-hybridized carbons (Fsp3) is 0.500. The van der Waals surface area contributed by atoms with E-state index in [1.807, 2.05) is 31.2 Å². The quantitative estimate of drug-likeness (QED) is 0.888. The molecule has 1 N–H and O–H groups in total. The number of methoxy groups -OCH3 is 1. The molecule has 1 amide bonds. The molecular weight excluding hydrogens is 246 g/mol. The monoisotopic (exact) mass is 265 g/mol. The van der Waals surface area contributed by atoms with Gasteiger partial charge in [-0.2, -0.15) is 0 Å². The summed E-state index contributed by atoms with van der Waals surface area (Å²) < 4.78 is 10.8. The Kier molecular flexibility index (Phi) is 4.07. The first-order chi connectivity index (χ1) is 9.09. The standard InChI is InChI=1S/C14H19NO4/c1-14(7-8-16)10-15(13(17)9-19-14)11-5-3-4-6-12(11)18-2/h3-6,16H,7-10H2,1-2H3. The van der Waals surface area contributed by atoms with Crippen molar-refractivity contribution in [3.05, 3.63) is 24.3 Å². The van der Waals surface area contributed by atoms with E-state index in [-0.39, 0.29) is 19.1 Å². The van der Waals surface area contributed by atoms with Crippen molar-refractivity contribution in [2.45, 2.75) is 18.9 Å². The summed E-state index contributed by atoms with van der Waals surface area (Å²) in [5.74, 6) is 0.559. The smallest absolute Gasteiger partial charge is 0.253 e. The summed E-state index contributed by atoms with van der Waals surface area (Å²) in [4.78, 5) is 13.7. The average molecular weight is 265 g/mol. The average Bonchev–Trinajstić information content (AvgIpc) is 2.42. The van der Waals surface area contributed by atoms with Crippen LogP contribution >= 0.6 is 0 Å². The van der Waals surface area contributed by atoms with Crippen molar-refractivity contribution in [1.29, 1.82) is 0 Å².